The van der Waals surface area contributed by atoms with Gasteiger partial charge in [0.1, 0.15) is 17.2 Å². The molecule has 2 aromatic carbocycles. The van der Waals surface area contributed by atoms with Crippen LogP contribution in [-0.2, 0) is 6.42 Å². The second kappa shape index (κ2) is 6.80. The predicted octanol–water partition coefficient (Wildman–Crippen LogP) is 4.93. The SMILES string of the molecule is CCCc1ccccc1NC(=O)c1c(F)cc(Br)cc1F. The maximum Gasteiger partial charge on any atom is 0.261 e. The number of benzene rings is 2. The molecule has 0 saturated carbocycles. The topological polar surface area (TPSA) is 29.1 Å². The van der Waals surface area contributed by atoms with E-state index in [-0.39, 0.29) is 4.47 Å². The van der Waals surface area contributed by atoms with E-state index in [9.17, 15) is 13.6 Å². The maximum atomic E-state index is 13.8. The van der Waals surface area contributed by atoms with Crippen LogP contribution in [0.25, 0.3) is 0 Å². The van der Waals surface area contributed by atoms with Gasteiger partial charge in [0.05, 0.1) is 0 Å². The number of halogens is 3. The lowest BCUT2D eigenvalue weighted by molar-refractivity contribution is 0.101. The van der Waals surface area contributed by atoms with E-state index in [1.54, 1.807) is 12.1 Å². The molecule has 0 aromatic heterocycles. The summed E-state index contributed by atoms with van der Waals surface area (Å²) in [6, 6.07) is 9.36. The van der Waals surface area contributed by atoms with Crippen LogP contribution in [0.15, 0.2) is 40.9 Å². The first-order valence-corrected chi connectivity index (χ1v) is 7.36. The Morgan fingerprint density at radius 3 is 2.43 bits per heavy atom. The third-order valence-electron chi connectivity index (χ3n) is 3.02. The fourth-order valence-electron chi connectivity index (χ4n) is 2.07. The first-order valence-electron chi connectivity index (χ1n) is 6.56. The fraction of sp³-hybridized carbons (Fsp3) is 0.188. The summed E-state index contributed by atoms with van der Waals surface area (Å²) < 4.78 is 27.8. The molecule has 0 fully saturated rings. The summed E-state index contributed by atoms with van der Waals surface area (Å²) in [5, 5.41) is 2.58. The van der Waals surface area contributed by atoms with E-state index in [1.807, 2.05) is 19.1 Å². The molecule has 2 nitrogen and oxygen atoms in total. The molecule has 0 aliphatic heterocycles. The molecule has 0 radical (unpaired) electrons. The lowest BCUT2D eigenvalue weighted by Gasteiger charge is -2.11. The van der Waals surface area contributed by atoms with Crippen LogP contribution in [0.1, 0.15) is 29.3 Å². The zero-order chi connectivity index (χ0) is 15.4. The molecule has 0 aliphatic rings. The van der Waals surface area contributed by atoms with Crippen LogP contribution in [0, 0.1) is 11.6 Å². The molecule has 1 N–H and O–H groups in total. The van der Waals surface area contributed by atoms with Crippen molar-refractivity contribution >= 4 is 27.5 Å². The molecule has 21 heavy (non-hydrogen) atoms. The van der Waals surface area contributed by atoms with Gasteiger partial charge in [-0.25, -0.2) is 8.78 Å². The summed E-state index contributed by atoms with van der Waals surface area (Å²) >= 11 is 2.98. The van der Waals surface area contributed by atoms with Gasteiger partial charge in [-0.15, -0.1) is 0 Å². The Bertz CT molecular complexity index is 650. The van der Waals surface area contributed by atoms with Crippen molar-refractivity contribution < 1.29 is 13.6 Å². The van der Waals surface area contributed by atoms with Crippen molar-refractivity contribution in [2.45, 2.75) is 19.8 Å². The maximum absolute atomic E-state index is 13.8. The van der Waals surface area contributed by atoms with Crippen LogP contribution in [0.5, 0.6) is 0 Å². The van der Waals surface area contributed by atoms with Crippen molar-refractivity contribution in [2.75, 3.05) is 5.32 Å². The Morgan fingerprint density at radius 1 is 1.19 bits per heavy atom. The molecule has 1 amide bonds. The standard InChI is InChI=1S/C16H14BrF2NO/c1-2-5-10-6-3-4-7-14(10)20-16(21)15-12(18)8-11(17)9-13(15)19/h3-4,6-9H,2,5H2,1H3,(H,20,21). The Morgan fingerprint density at radius 2 is 1.81 bits per heavy atom. The molecule has 2 rings (SSSR count). The molecule has 0 bridgehead atoms. The monoisotopic (exact) mass is 353 g/mol. The van der Waals surface area contributed by atoms with E-state index in [2.05, 4.69) is 21.2 Å². The minimum atomic E-state index is -0.896. The first kappa shape index (κ1) is 15.6. The number of aryl methyl sites for hydroxylation is 1. The van der Waals surface area contributed by atoms with Crippen molar-refractivity contribution in [3.63, 3.8) is 0 Å². The highest BCUT2D eigenvalue weighted by molar-refractivity contribution is 9.10. The van der Waals surface area contributed by atoms with E-state index in [0.29, 0.717) is 5.69 Å². The van der Waals surface area contributed by atoms with Gasteiger partial charge in [-0.05, 0) is 30.2 Å². The number of hydrogen-bond donors (Lipinski definition) is 1. The normalized spacial score (nSPS) is 10.5. The quantitative estimate of drug-likeness (QED) is 0.829. The van der Waals surface area contributed by atoms with Crippen LogP contribution in [0.3, 0.4) is 0 Å². The number of rotatable bonds is 4. The third kappa shape index (κ3) is 3.67. The second-order valence-electron chi connectivity index (χ2n) is 4.61. The number of hydrogen-bond acceptors (Lipinski definition) is 1. The third-order valence-corrected chi connectivity index (χ3v) is 3.48. The van der Waals surface area contributed by atoms with Crippen molar-refractivity contribution in [3.8, 4) is 0 Å². The Labute approximate surface area is 130 Å². The van der Waals surface area contributed by atoms with Gasteiger partial charge in [0.2, 0.25) is 0 Å². The number of carbonyl (C=O) groups excluding carboxylic acids is 1. The molecule has 0 saturated heterocycles. The Kier molecular flexibility index (Phi) is 5.07. The van der Waals surface area contributed by atoms with E-state index in [0.717, 1.165) is 30.5 Å². The fourth-order valence-corrected chi connectivity index (χ4v) is 2.48. The van der Waals surface area contributed by atoms with Crippen molar-refractivity contribution in [2.24, 2.45) is 0 Å². The zero-order valence-corrected chi connectivity index (χ0v) is 13.0. The predicted molar refractivity (Wildman–Crippen MR) is 82.4 cm³/mol. The van der Waals surface area contributed by atoms with Crippen LogP contribution < -0.4 is 5.32 Å². The summed E-state index contributed by atoms with van der Waals surface area (Å²) in [5.41, 5.74) is 0.932. The van der Waals surface area contributed by atoms with E-state index in [1.165, 1.54) is 0 Å². The summed E-state index contributed by atoms with van der Waals surface area (Å²) in [7, 11) is 0. The molecule has 0 aliphatic carbocycles. The zero-order valence-electron chi connectivity index (χ0n) is 11.4. The largest absolute Gasteiger partial charge is 0.322 e. The Balaban J connectivity index is 2.31. The summed E-state index contributed by atoms with van der Waals surface area (Å²) in [6.07, 6.45) is 1.69. The molecule has 0 atom stereocenters. The van der Waals surface area contributed by atoms with Crippen LogP contribution in [-0.4, -0.2) is 5.91 Å². The number of anilines is 1. The summed E-state index contributed by atoms with van der Waals surface area (Å²) in [4.78, 5) is 12.1. The van der Waals surface area contributed by atoms with Crippen LogP contribution >= 0.6 is 15.9 Å². The number of amides is 1. The molecular formula is C16H14BrF2NO. The molecular weight excluding hydrogens is 340 g/mol. The minimum absolute atomic E-state index is 0.250. The van der Waals surface area contributed by atoms with Gasteiger partial charge in [0.25, 0.3) is 5.91 Å². The van der Waals surface area contributed by atoms with Crippen LogP contribution in [0.4, 0.5) is 14.5 Å². The highest BCUT2D eigenvalue weighted by atomic mass is 79.9. The molecule has 0 spiro atoms. The van der Waals surface area contributed by atoms with Gasteiger partial charge in [-0.1, -0.05) is 47.5 Å². The molecule has 0 unspecified atom stereocenters. The lowest BCUT2D eigenvalue weighted by atomic mass is 10.1. The van der Waals surface area contributed by atoms with Gasteiger partial charge in [-0.3, -0.25) is 4.79 Å². The smallest absolute Gasteiger partial charge is 0.261 e. The highest BCUT2D eigenvalue weighted by Gasteiger charge is 2.19. The summed E-state index contributed by atoms with van der Waals surface area (Å²) in [5.74, 6) is -2.58. The van der Waals surface area contributed by atoms with Gasteiger partial charge < -0.3 is 5.32 Å². The van der Waals surface area contributed by atoms with Crippen molar-refractivity contribution in [1.29, 1.82) is 0 Å². The minimum Gasteiger partial charge on any atom is -0.322 e. The van der Waals surface area contributed by atoms with Gasteiger partial charge in [-0.2, -0.15) is 0 Å². The van der Waals surface area contributed by atoms with E-state index in [4.69, 9.17) is 0 Å². The Hall–Kier alpha value is -1.75. The molecule has 0 heterocycles. The first-order chi connectivity index (χ1) is 10.0. The number of nitrogens with one attached hydrogen (secondary N) is 1. The molecule has 110 valence electrons. The summed E-state index contributed by atoms with van der Waals surface area (Å²) in [6.45, 7) is 2.02. The van der Waals surface area contributed by atoms with E-state index >= 15 is 0 Å². The number of para-hydroxylation sites is 1. The van der Waals surface area contributed by atoms with Gasteiger partial charge in [0, 0.05) is 10.2 Å². The van der Waals surface area contributed by atoms with Crippen molar-refractivity contribution in [3.05, 3.63) is 63.6 Å². The lowest BCUT2D eigenvalue weighted by Crippen LogP contribution is -2.17. The van der Waals surface area contributed by atoms with E-state index < -0.39 is 23.1 Å². The number of carbonyl (C=O) groups is 1. The van der Waals surface area contributed by atoms with Gasteiger partial charge in [0.15, 0.2) is 0 Å². The highest BCUT2D eigenvalue weighted by Crippen LogP contribution is 2.22. The second-order valence-corrected chi connectivity index (χ2v) is 5.52. The average molecular weight is 354 g/mol. The van der Waals surface area contributed by atoms with Crippen molar-refractivity contribution in [1.82, 2.24) is 0 Å². The van der Waals surface area contributed by atoms with Gasteiger partial charge >= 0.3 is 0 Å². The average Bonchev–Trinajstić information content (AvgIpc) is 2.40. The molecule has 5 heteroatoms. The molecule has 2 aromatic rings. The van der Waals surface area contributed by atoms with Crippen LogP contribution in [0.2, 0.25) is 0 Å².